The number of para-hydroxylation sites is 2. The maximum atomic E-state index is 5.95. The third-order valence-electron chi connectivity index (χ3n) is 3.29. The lowest BCUT2D eigenvalue weighted by Crippen LogP contribution is -2.40. The molecule has 0 unspecified atom stereocenters. The van der Waals surface area contributed by atoms with Crippen molar-refractivity contribution < 1.29 is 4.74 Å². The third-order valence-corrected chi connectivity index (χ3v) is 3.29. The Bertz CT molecular complexity index is 616. The van der Waals surface area contributed by atoms with Crippen LogP contribution in [0, 0.1) is 0 Å². The summed E-state index contributed by atoms with van der Waals surface area (Å²) in [5, 5.41) is 6.58. The van der Waals surface area contributed by atoms with E-state index in [4.69, 9.17) is 4.74 Å². The van der Waals surface area contributed by atoms with Gasteiger partial charge >= 0.3 is 0 Å². The SMILES string of the molecule is I.c1ccc(Oc2ccccc2CNC2=NCCCN2)cc1. The van der Waals surface area contributed by atoms with E-state index in [1.807, 2.05) is 48.5 Å². The first-order valence-electron chi connectivity index (χ1n) is 7.25. The lowest BCUT2D eigenvalue weighted by Gasteiger charge is -2.17. The Balaban J connectivity index is 0.00000176. The van der Waals surface area contributed by atoms with Gasteiger partial charge in [-0.2, -0.15) is 0 Å². The Kier molecular flexibility index (Phi) is 6.51. The van der Waals surface area contributed by atoms with Gasteiger partial charge in [-0.3, -0.25) is 4.99 Å². The lowest BCUT2D eigenvalue weighted by molar-refractivity contribution is 0.475. The Hall–Kier alpha value is -1.76. The second-order valence-corrected chi connectivity index (χ2v) is 4.89. The van der Waals surface area contributed by atoms with E-state index in [1.54, 1.807) is 0 Å². The van der Waals surface area contributed by atoms with Crippen molar-refractivity contribution in [2.24, 2.45) is 4.99 Å². The van der Waals surface area contributed by atoms with E-state index in [0.29, 0.717) is 6.54 Å². The average Bonchev–Trinajstić information content (AvgIpc) is 2.56. The first-order chi connectivity index (χ1) is 10.4. The maximum Gasteiger partial charge on any atom is 0.191 e. The van der Waals surface area contributed by atoms with Gasteiger partial charge in [-0.1, -0.05) is 36.4 Å². The van der Waals surface area contributed by atoms with Crippen LogP contribution in [0.25, 0.3) is 0 Å². The highest BCUT2D eigenvalue weighted by Gasteiger charge is 2.07. The van der Waals surface area contributed by atoms with Crippen molar-refractivity contribution in [3.8, 4) is 11.5 Å². The van der Waals surface area contributed by atoms with Crippen LogP contribution >= 0.6 is 24.0 Å². The van der Waals surface area contributed by atoms with Crippen molar-refractivity contribution in [1.29, 1.82) is 0 Å². The number of benzene rings is 2. The summed E-state index contributed by atoms with van der Waals surface area (Å²) in [7, 11) is 0. The highest BCUT2D eigenvalue weighted by Crippen LogP contribution is 2.24. The molecule has 0 aliphatic carbocycles. The van der Waals surface area contributed by atoms with Gasteiger partial charge < -0.3 is 15.4 Å². The van der Waals surface area contributed by atoms with Gasteiger partial charge in [-0.15, -0.1) is 24.0 Å². The van der Waals surface area contributed by atoms with Crippen molar-refractivity contribution >= 4 is 29.9 Å². The number of nitrogens with zero attached hydrogens (tertiary/aromatic N) is 1. The van der Waals surface area contributed by atoms with Gasteiger partial charge in [0.25, 0.3) is 0 Å². The van der Waals surface area contributed by atoms with Crippen molar-refractivity contribution in [1.82, 2.24) is 10.6 Å². The quantitative estimate of drug-likeness (QED) is 0.760. The molecule has 4 nitrogen and oxygen atoms in total. The summed E-state index contributed by atoms with van der Waals surface area (Å²) in [6, 6.07) is 17.9. The number of hydrogen-bond donors (Lipinski definition) is 2. The molecule has 0 saturated heterocycles. The molecular weight excluding hydrogens is 389 g/mol. The maximum absolute atomic E-state index is 5.95. The van der Waals surface area contributed by atoms with E-state index in [1.165, 1.54) is 0 Å². The Morgan fingerprint density at radius 1 is 1.05 bits per heavy atom. The van der Waals surface area contributed by atoms with E-state index in [9.17, 15) is 0 Å². The Morgan fingerprint density at radius 2 is 1.82 bits per heavy atom. The molecular formula is C17H20IN3O. The fraction of sp³-hybridized carbons (Fsp3) is 0.235. The molecule has 1 aliphatic rings. The zero-order valence-electron chi connectivity index (χ0n) is 12.3. The molecule has 0 bridgehead atoms. The highest BCUT2D eigenvalue weighted by atomic mass is 127. The van der Waals surface area contributed by atoms with Crippen molar-refractivity contribution in [3.05, 3.63) is 60.2 Å². The van der Waals surface area contributed by atoms with Gasteiger partial charge in [-0.05, 0) is 24.6 Å². The van der Waals surface area contributed by atoms with Gasteiger partial charge in [-0.25, -0.2) is 0 Å². The minimum Gasteiger partial charge on any atom is -0.457 e. The fourth-order valence-corrected chi connectivity index (χ4v) is 2.19. The van der Waals surface area contributed by atoms with Crippen molar-refractivity contribution in [3.63, 3.8) is 0 Å². The van der Waals surface area contributed by atoms with Gasteiger partial charge in [0.1, 0.15) is 11.5 Å². The monoisotopic (exact) mass is 409 g/mol. The summed E-state index contributed by atoms with van der Waals surface area (Å²) in [6.45, 7) is 2.56. The summed E-state index contributed by atoms with van der Waals surface area (Å²) < 4.78 is 5.95. The number of guanidine groups is 1. The molecule has 0 aromatic heterocycles. The van der Waals surface area contributed by atoms with Crippen LogP contribution in [-0.2, 0) is 6.54 Å². The summed E-state index contributed by atoms with van der Waals surface area (Å²) in [4.78, 5) is 4.41. The van der Waals surface area contributed by atoms with Crippen LogP contribution in [0.4, 0.5) is 0 Å². The number of hydrogen-bond acceptors (Lipinski definition) is 4. The molecule has 5 heteroatoms. The van der Waals surface area contributed by atoms with Crippen LogP contribution in [0.1, 0.15) is 12.0 Å². The average molecular weight is 409 g/mol. The fourth-order valence-electron chi connectivity index (χ4n) is 2.19. The molecule has 0 amide bonds. The Morgan fingerprint density at radius 3 is 2.59 bits per heavy atom. The largest absolute Gasteiger partial charge is 0.457 e. The molecule has 0 radical (unpaired) electrons. The van der Waals surface area contributed by atoms with Crippen LogP contribution in [0.2, 0.25) is 0 Å². The topological polar surface area (TPSA) is 45.6 Å². The van der Waals surface area contributed by atoms with Crippen molar-refractivity contribution in [2.75, 3.05) is 13.1 Å². The number of halogens is 1. The molecule has 0 fully saturated rings. The van der Waals surface area contributed by atoms with Gasteiger partial charge in [0.15, 0.2) is 5.96 Å². The molecule has 2 N–H and O–H groups in total. The number of rotatable bonds is 4. The summed E-state index contributed by atoms with van der Waals surface area (Å²) in [6.07, 6.45) is 1.10. The predicted molar refractivity (Wildman–Crippen MR) is 100 cm³/mol. The predicted octanol–water partition coefficient (Wildman–Crippen LogP) is 3.54. The van der Waals surface area contributed by atoms with E-state index >= 15 is 0 Å². The van der Waals surface area contributed by atoms with E-state index < -0.39 is 0 Å². The molecule has 2 aromatic carbocycles. The minimum atomic E-state index is 0. The zero-order chi connectivity index (χ0) is 14.3. The molecule has 0 saturated carbocycles. The Labute approximate surface area is 148 Å². The molecule has 3 rings (SSSR count). The molecule has 0 atom stereocenters. The van der Waals surface area contributed by atoms with Crippen LogP contribution < -0.4 is 15.4 Å². The first kappa shape index (κ1) is 16.6. The number of aliphatic imine (C=N–C) groups is 1. The van der Waals surface area contributed by atoms with E-state index in [2.05, 4.69) is 21.7 Å². The van der Waals surface area contributed by atoms with Crippen LogP contribution in [0.5, 0.6) is 11.5 Å². The van der Waals surface area contributed by atoms with Crippen molar-refractivity contribution in [2.45, 2.75) is 13.0 Å². The van der Waals surface area contributed by atoms with Crippen LogP contribution in [0.15, 0.2) is 59.6 Å². The highest BCUT2D eigenvalue weighted by molar-refractivity contribution is 14.0. The molecule has 22 heavy (non-hydrogen) atoms. The van der Waals surface area contributed by atoms with Crippen LogP contribution in [-0.4, -0.2) is 19.0 Å². The molecule has 1 heterocycles. The summed E-state index contributed by atoms with van der Waals surface area (Å²) in [5.41, 5.74) is 1.11. The molecule has 116 valence electrons. The van der Waals surface area contributed by atoms with Crippen LogP contribution in [0.3, 0.4) is 0 Å². The second kappa shape index (κ2) is 8.63. The normalized spacial score (nSPS) is 13.4. The summed E-state index contributed by atoms with van der Waals surface area (Å²) in [5.74, 6) is 2.58. The third kappa shape index (κ3) is 4.62. The molecule has 1 aliphatic heterocycles. The lowest BCUT2D eigenvalue weighted by atomic mass is 10.2. The smallest absolute Gasteiger partial charge is 0.191 e. The number of nitrogens with one attached hydrogen (secondary N) is 2. The minimum absolute atomic E-state index is 0. The summed E-state index contributed by atoms with van der Waals surface area (Å²) >= 11 is 0. The molecule has 2 aromatic rings. The van der Waals surface area contributed by atoms with Gasteiger partial charge in [0.05, 0.1) is 0 Å². The molecule has 0 spiro atoms. The zero-order valence-corrected chi connectivity index (χ0v) is 14.6. The van der Waals surface area contributed by atoms with Gasteiger partial charge in [0.2, 0.25) is 0 Å². The standard InChI is InChI=1S/C17H19N3O.HI/c1-2-8-15(9-3-1)21-16-10-5-4-7-14(16)13-20-17-18-11-6-12-19-17;/h1-5,7-10H,6,11-13H2,(H2,18,19,20);1H. The van der Waals surface area contributed by atoms with E-state index in [-0.39, 0.29) is 24.0 Å². The number of ether oxygens (including phenoxy) is 1. The van der Waals surface area contributed by atoms with E-state index in [0.717, 1.165) is 42.5 Å². The second-order valence-electron chi connectivity index (χ2n) is 4.89. The van der Waals surface area contributed by atoms with Gasteiger partial charge in [0, 0.05) is 25.2 Å². The first-order valence-corrected chi connectivity index (χ1v) is 7.25.